The van der Waals surface area contributed by atoms with Crippen molar-refractivity contribution >= 4 is 28.9 Å². The van der Waals surface area contributed by atoms with Crippen LogP contribution < -0.4 is 24.4 Å². The molecule has 0 spiro atoms. The lowest BCUT2D eigenvalue weighted by Crippen LogP contribution is -2.37. The highest BCUT2D eigenvalue weighted by molar-refractivity contribution is 6.30. The molecule has 3 aromatic rings. The molecule has 0 saturated heterocycles. The zero-order valence-electron chi connectivity index (χ0n) is 24.1. The Morgan fingerprint density at radius 1 is 0.976 bits per heavy atom. The van der Waals surface area contributed by atoms with Crippen molar-refractivity contribution in [2.75, 3.05) is 44.2 Å². The van der Waals surface area contributed by atoms with E-state index in [-0.39, 0.29) is 23.6 Å². The van der Waals surface area contributed by atoms with Crippen LogP contribution in [0.15, 0.2) is 54.6 Å². The van der Waals surface area contributed by atoms with Crippen LogP contribution in [-0.4, -0.2) is 45.5 Å². The summed E-state index contributed by atoms with van der Waals surface area (Å²) in [4.78, 5) is 15.5. The number of amides is 1. The van der Waals surface area contributed by atoms with Gasteiger partial charge in [0.05, 0.1) is 32.0 Å². The summed E-state index contributed by atoms with van der Waals surface area (Å²) in [6, 6.07) is 13.2. The second-order valence-electron chi connectivity index (χ2n) is 10.8. The van der Waals surface area contributed by atoms with Crippen molar-refractivity contribution in [1.82, 2.24) is 0 Å². The smallest absolute Gasteiger partial charge is 0.420 e. The van der Waals surface area contributed by atoms with Crippen LogP contribution in [0.25, 0.3) is 0 Å². The predicted molar refractivity (Wildman–Crippen MR) is 156 cm³/mol. The molecule has 0 bridgehead atoms. The molecule has 42 heavy (non-hydrogen) atoms. The summed E-state index contributed by atoms with van der Waals surface area (Å²) in [7, 11) is 2.71. The molecule has 1 unspecified atom stereocenters. The van der Waals surface area contributed by atoms with Crippen molar-refractivity contribution in [3.8, 4) is 17.2 Å². The number of alkyl halides is 3. The van der Waals surface area contributed by atoms with E-state index >= 15 is 0 Å². The number of methoxy groups -OCH3 is 2. The third-order valence-corrected chi connectivity index (χ3v) is 6.88. The third-order valence-electron chi connectivity index (χ3n) is 6.63. The van der Waals surface area contributed by atoms with Crippen LogP contribution in [0.1, 0.15) is 43.5 Å². The first-order valence-corrected chi connectivity index (χ1v) is 13.7. The molecule has 226 valence electrons. The van der Waals surface area contributed by atoms with Gasteiger partial charge in [0.2, 0.25) is 0 Å². The Balaban J connectivity index is 1.66. The van der Waals surface area contributed by atoms with Crippen molar-refractivity contribution < 1.29 is 36.9 Å². The Bertz CT molecular complexity index is 1410. The van der Waals surface area contributed by atoms with E-state index in [1.54, 1.807) is 42.5 Å². The lowest BCUT2D eigenvalue weighted by Gasteiger charge is -2.27. The molecule has 11 heteroatoms. The van der Waals surface area contributed by atoms with Crippen LogP contribution in [0.2, 0.25) is 5.02 Å². The van der Waals surface area contributed by atoms with Gasteiger partial charge in [-0.3, -0.25) is 4.79 Å². The minimum atomic E-state index is -4.65. The summed E-state index contributed by atoms with van der Waals surface area (Å²) in [5.41, 5.74) is 0.631. The van der Waals surface area contributed by atoms with Crippen molar-refractivity contribution in [3.63, 3.8) is 0 Å². The Labute approximate surface area is 248 Å². The second kappa shape index (κ2) is 12.7. The highest BCUT2D eigenvalue weighted by Gasteiger charge is 2.39. The van der Waals surface area contributed by atoms with Gasteiger partial charge in [0, 0.05) is 41.1 Å². The molecule has 0 saturated carbocycles. The van der Waals surface area contributed by atoms with Gasteiger partial charge in [0.25, 0.3) is 5.91 Å². The summed E-state index contributed by atoms with van der Waals surface area (Å²) in [5, 5.41) is 3.73. The normalized spacial score (nSPS) is 13.9. The van der Waals surface area contributed by atoms with E-state index < -0.39 is 23.7 Å². The minimum absolute atomic E-state index is 0.197. The van der Waals surface area contributed by atoms with E-state index in [1.165, 1.54) is 25.2 Å². The van der Waals surface area contributed by atoms with Crippen LogP contribution in [0, 0.1) is 0 Å². The quantitative estimate of drug-likeness (QED) is 0.244. The molecule has 0 aliphatic carbocycles. The Morgan fingerprint density at radius 2 is 1.67 bits per heavy atom. The van der Waals surface area contributed by atoms with Gasteiger partial charge in [0.15, 0.2) is 0 Å². The van der Waals surface area contributed by atoms with Gasteiger partial charge in [-0.15, -0.1) is 0 Å². The summed E-state index contributed by atoms with van der Waals surface area (Å²) < 4.78 is 63.5. The van der Waals surface area contributed by atoms with Crippen LogP contribution in [-0.2, 0) is 22.1 Å². The van der Waals surface area contributed by atoms with Crippen LogP contribution in [0.5, 0.6) is 17.2 Å². The maximum absolute atomic E-state index is 14.1. The first kappa shape index (κ1) is 31.3. The largest absolute Gasteiger partial charge is 0.497 e. The van der Waals surface area contributed by atoms with E-state index in [0.29, 0.717) is 53.0 Å². The second-order valence-corrected chi connectivity index (χ2v) is 11.2. The number of rotatable bonds is 10. The number of hydrogen-bond acceptors (Lipinski definition) is 6. The molecule has 1 amide bonds. The molecule has 0 aromatic heterocycles. The summed E-state index contributed by atoms with van der Waals surface area (Å²) >= 11 is 6.11. The zero-order chi connectivity index (χ0) is 30.7. The average molecular weight is 607 g/mol. The fourth-order valence-electron chi connectivity index (χ4n) is 4.66. The molecule has 1 aliphatic rings. The number of benzene rings is 3. The first-order chi connectivity index (χ1) is 19.8. The number of hydrogen-bond donors (Lipinski definition) is 1. The average Bonchev–Trinajstić information content (AvgIpc) is 3.35. The molecule has 1 atom stereocenters. The van der Waals surface area contributed by atoms with Crippen LogP contribution in [0.3, 0.4) is 0 Å². The number of halogens is 4. The van der Waals surface area contributed by atoms with E-state index in [1.807, 2.05) is 20.8 Å². The van der Waals surface area contributed by atoms with Crippen LogP contribution in [0.4, 0.5) is 24.5 Å². The monoisotopic (exact) mass is 606 g/mol. The number of fused-ring (bicyclic) bond motifs is 1. The maximum atomic E-state index is 14.1. The van der Waals surface area contributed by atoms with Gasteiger partial charge < -0.3 is 29.2 Å². The molecule has 7 nitrogen and oxygen atoms in total. The van der Waals surface area contributed by atoms with Crippen molar-refractivity contribution in [2.24, 2.45) is 0 Å². The molecule has 3 aromatic carbocycles. The Morgan fingerprint density at radius 3 is 2.29 bits per heavy atom. The van der Waals surface area contributed by atoms with E-state index in [0.717, 1.165) is 6.07 Å². The van der Waals surface area contributed by atoms with Gasteiger partial charge >= 0.3 is 6.18 Å². The fraction of sp³-hybridized carbons (Fsp3) is 0.387. The molecule has 4 rings (SSSR count). The number of nitrogens with one attached hydrogen (secondary N) is 1. The van der Waals surface area contributed by atoms with Gasteiger partial charge in [-0.25, -0.2) is 0 Å². The van der Waals surface area contributed by atoms with Gasteiger partial charge in [-0.1, -0.05) is 23.7 Å². The lowest BCUT2D eigenvalue weighted by atomic mass is 10.0. The van der Waals surface area contributed by atoms with Crippen molar-refractivity contribution in [1.29, 1.82) is 0 Å². The number of anilines is 2. The topological polar surface area (TPSA) is 69.3 Å². The Hall–Kier alpha value is -3.63. The lowest BCUT2D eigenvalue weighted by molar-refractivity contribution is -0.138. The summed E-state index contributed by atoms with van der Waals surface area (Å²) in [6.45, 7) is 6.73. The highest BCUT2D eigenvalue weighted by Crippen LogP contribution is 2.43. The van der Waals surface area contributed by atoms with Crippen molar-refractivity contribution in [3.05, 3.63) is 76.3 Å². The summed E-state index contributed by atoms with van der Waals surface area (Å²) in [5.74, 6) is 0.269. The molecular weight excluding hydrogens is 573 g/mol. The molecule has 0 radical (unpaired) electrons. The maximum Gasteiger partial charge on any atom is 0.420 e. The predicted octanol–water partition coefficient (Wildman–Crippen LogP) is 7.31. The van der Waals surface area contributed by atoms with E-state index in [2.05, 4.69) is 5.32 Å². The van der Waals surface area contributed by atoms with Crippen molar-refractivity contribution in [2.45, 2.75) is 45.0 Å². The van der Waals surface area contributed by atoms with Gasteiger partial charge in [0.1, 0.15) is 29.9 Å². The fourth-order valence-corrected chi connectivity index (χ4v) is 4.79. The number of nitrogens with zero attached hydrogens (tertiary/aromatic N) is 1. The molecule has 0 fully saturated rings. The van der Waals surface area contributed by atoms with E-state index in [9.17, 15) is 18.0 Å². The Kier molecular flexibility index (Phi) is 9.47. The molecular formula is C31H34ClF3N2O5. The minimum Gasteiger partial charge on any atom is -0.497 e. The highest BCUT2D eigenvalue weighted by atomic mass is 35.5. The van der Waals surface area contributed by atoms with Gasteiger partial charge in [-0.05, 0) is 62.6 Å². The van der Waals surface area contributed by atoms with E-state index in [4.69, 9.17) is 30.5 Å². The standard InChI is InChI=1S/C31H34ClF3N2O5/c1-30(2,3)42-13-12-41-24-16-22(15-23(17-24)39-4)36-28(19-6-8-21(32)9-7-19)29(38)37-11-10-20-14-27(40-5)25(18-26(20)37)31(33,34)35/h6-9,14-18,28,36H,10-13H2,1-5H3. The summed E-state index contributed by atoms with van der Waals surface area (Å²) in [6.07, 6.45) is -4.27. The number of carbonyl (C=O) groups is 1. The SMILES string of the molecule is COc1cc(NC(C(=O)N2CCc3cc(OC)c(C(F)(F)F)cc32)c2ccc(Cl)cc2)cc(OCCOC(C)(C)C)c1. The number of carbonyl (C=O) groups excluding carboxylic acids is 1. The molecule has 1 aliphatic heterocycles. The zero-order valence-corrected chi connectivity index (χ0v) is 24.9. The first-order valence-electron chi connectivity index (χ1n) is 13.4. The van der Waals surface area contributed by atoms with Gasteiger partial charge in [-0.2, -0.15) is 13.2 Å². The molecule has 1 N–H and O–H groups in total. The number of ether oxygens (including phenoxy) is 4. The van der Waals surface area contributed by atoms with Crippen LogP contribution >= 0.6 is 11.6 Å². The third kappa shape index (κ3) is 7.60. The molecule has 1 heterocycles.